The minimum atomic E-state index is -0.182. The van der Waals surface area contributed by atoms with Crippen LogP contribution in [0.25, 0.3) is 0 Å². The summed E-state index contributed by atoms with van der Waals surface area (Å²) >= 11 is 13.7. The van der Waals surface area contributed by atoms with Gasteiger partial charge in [0.25, 0.3) is 0 Å². The Labute approximate surface area is 180 Å². The SMILES string of the molecule is CC(C)CCOc1ccc(/C=N\NC(=O)CSCc2c(Cl)cccc2Cl)cc1. The molecule has 4 nitrogen and oxygen atoms in total. The number of hydrogen-bond acceptors (Lipinski definition) is 4. The lowest BCUT2D eigenvalue weighted by Gasteiger charge is -2.08. The van der Waals surface area contributed by atoms with Gasteiger partial charge in [-0.05, 0) is 59.9 Å². The molecule has 0 fully saturated rings. The average Bonchev–Trinajstić information content (AvgIpc) is 2.65. The fourth-order valence-corrected chi connectivity index (χ4v) is 3.75. The molecule has 0 aromatic heterocycles. The zero-order valence-corrected chi connectivity index (χ0v) is 18.3. The molecule has 0 atom stereocenters. The first kappa shape index (κ1) is 22.6. The van der Waals surface area contributed by atoms with Crippen LogP contribution in [-0.4, -0.2) is 24.5 Å². The van der Waals surface area contributed by atoms with Crippen molar-refractivity contribution < 1.29 is 9.53 Å². The van der Waals surface area contributed by atoms with Crippen molar-refractivity contribution in [3.05, 3.63) is 63.6 Å². The Morgan fingerprint density at radius 3 is 2.50 bits per heavy atom. The Morgan fingerprint density at radius 2 is 1.86 bits per heavy atom. The number of hydrogen-bond donors (Lipinski definition) is 1. The molecule has 0 spiro atoms. The van der Waals surface area contributed by atoms with Crippen molar-refractivity contribution >= 4 is 47.1 Å². The molecular weight excluding hydrogens is 415 g/mol. The number of carbonyl (C=O) groups excluding carboxylic acids is 1. The molecule has 7 heteroatoms. The predicted octanol–water partition coefficient (Wildman–Crippen LogP) is 5.80. The summed E-state index contributed by atoms with van der Waals surface area (Å²) in [7, 11) is 0. The van der Waals surface area contributed by atoms with Gasteiger partial charge in [0.2, 0.25) is 5.91 Å². The number of amides is 1. The second kappa shape index (κ2) is 12.0. The Bertz CT molecular complexity index is 775. The molecule has 0 unspecified atom stereocenters. The number of hydrazone groups is 1. The quantitative estimate of drug-likeness (QED) is 0.376. The van der Waals surface area contributed by atoms with Gasteiger partial charge in [-0.1, -0.05) is 43.1 Å². The first-order valence-electron chi connectivity index (χ1n) is 9.01. The summed E-state index contributed by atoms with van der Waals surface area (Å²) in [5.74, 6) is 2.10. The van der Waals surface area contributed by atoms with Gasteiger partial charge in [0.05, 0.1) is 18.6 Å². The number of rotatable bonds is 10. The fourth-order valence-electron chi connectivity index (χ4n) is 2.19. The van der Waals surface area contributed by atoms with Crippen LogP contribution in [0.4, 0.5) is 0 Å². The molecule has 2 aromatic rings. The van der Waals surface area contributed by atoms with Crippen molar-refractivity contribution in [3.63, 3.8) is 0 Å². The molecule has 1 amide bonds. The van der Waals surface area contributed by atoms with E-state index in [4.69, 9.17) is 27.9 Å². The van der Waals surface area contributed by atoms with E-state index < -0.39 is 0 Å². The van der Waals surface area contributed by atoms with Crippen molar-refractivity contribution in [3.8, 4) is 5.75 Å². The molecule has 0 aliphatic carbocycles. The Morgan fingerprint density at radius 1 is 1.18 bits per heavy atom. The van der Waals surface area contributed by atoms with E-state index in [1.807, 2.05) is 24.3 Å². The van der Waals surface area contributed by atoms with Crippen molar-refractivity contribution in [2.75, 3.05) is 12.4 Å². The van der Waals surface area contributed by atoms with Gasteiger partial charge in [0, 0.05) is 15.8 Å². The van der Waals surface area contributed by atoms with Gasteiger partial charge in [-0.25, -0.2) is 5.43 Å². The summed E-state index contributed by atoms with van der Waals surface area (Å²) in [6.07, 6.45) is 2.63. The maximum absolute atomic E-state index is 11.9. The van der Waals surface area contributed by atoms with E-state index in [-0.39, 0.29) is 11.7 Å². The minimum Gasteiger partial charge on any atom is -0.494 e. The lowest BCUT2D eigenvalue weighted by molar-refractivity contribution is -0.118. The van der Waals surface area contributed by atoms with Crippen molar-refractivity contribution in [2.24, 2.45) is 11.0 Å². The summed E-state index contributed by atoms with van der Waals surface area (Å²) in [6, 6.07) is 13.0. The largest absolute Gasteiger partial charge is 0.494 e. The van der Waals surface area contributed by atoms with Crippen LogP contribution in [0.1, 0.15) is 31.4 Å². The summed E-state index contributed by atoms with van der Waals surface area (Å²) in [6.45, 7) is 5.04. The predicted molar refractivity (Wildman–Crippen MR) is 120 cm³/mol. The molecule has 0 aliphatic rings. The fraction of sp³-hybridized carbons (Fsp3) is 0.333. The molecule has 2 rings (SSSR count). The number of halogens is 2. The third-order valence-corrected chi connectivity index (χ3v) is 5.46. The normalized spacial score (nSPS) is 11.2. The van der Waals surface area contributed by atoms with Crippen LogP contribution in [0.15, 0.2) is 47.6 Å². The average molecular weight is 439 g/mol. The van der Waals surface area contributed by atoms with E-state index in [9.17, 15) is 4.79 Å². The van der Waals surface area contributed by atoms with Crippen LogP contribution in [0.3, 0.4) is 0 Å². The molecule has 0 saturated carbocycles. The molecule has 1 N–H and O–H groups in total. The van der Waals surface area contributed by atoms with Gasteiger partial charge < -0.3 is 4.74 Å². The molecule has 28 heavy (non-hydrogen) atoms. The maximum atomic E-state index is 11.9. The second-order valence-electron chi connectivity index (χ2n) is 6.59. The lowest BCUT2D eigenvalue weighted by Crippen LogP contribution is -2.19. The van der Waals surface area contributed by atoms with Gasteiger partial charge in [-0.2, -0.15) is 5.10 Å². The highest BCUT2D eigenvalue weighted by Crippen LogP contribution is 2.28. The highest BCUT2D eigenvalue weighted by molar-refractivity contribution is 7.99. The van der Waals surface area contributed by atoms with Crippen LogP contribution in [0.5, 0.6) is 5.75 Å². The smallest absolute Gasteiger partial charge is 0.250 e. The van der Waals surface area contributed by atoms with Crippen molar-refractivity contribution in [1.82, 2.24) is 5.43 Å². The van der Waals surface area contributed by atoms with Crippen LogP contribution >= 0.6 is 35.0 Å². The molecular formula is C21H24Cl2N2O2S. The Balaban J connectivity index is 1.71. The molecule has 0 heterocycles. The van der Waals surface area contributed by atoms with E-state index in [1.54, 1.807) is 24.4 Å². The first-order chi connectivity index (χ1) is 13.5. The zero-order chi connectivity index (χ0) is 20.4. The van der Waals surface area contributed by atoms with Crippen LogP contribution in [-0.2, 0) is 10.5 Å². The molecule has 0 saturated heterocycles. The molecule has 2 aromatic carbocycles. The van der Waals surface area contributed by atoms with Gasteiger partial charge >= 0.3 is 0 Å². The highest BCUT2D eigenvalue weighted by Gasteiger charge is 2.07. The first-order valence-corrected chi connectivity index (χ1v) is 10.9. The van der Waals surface area contributed by atoms with Gasteiger partial charge in [-0.3, -0.25) is 4.79 Å². The maximum Gasteiger partial charge on any atom is 0.250 e. The van der Waals surface area contributed by atoms with Gasteiger partial charge in [0.15, 0.2) is 0 Å². The van der Waals surface area contributed by atoms with E-state index in [0.717, 1.165) is 23.3 Å². The summed E-state index contributed by atoms with van der Waals surface area (Å²) in [5, 5.41) is 5.20. The number of thioether (sulfide) groups is 1. The monoisotopic (exact) mass is 438 g/mol. The lowest BCUT2D eigenvalue weighted by atomic mass is 10.1. The number of carbonyl (C=O) groups is 1. The summed E-state index contributed by atoms with van der Waals surface area (Å²) in [5.41, 5.74) is 4.24. The van der Waals surface area contributed by atoms with Crippen LogP contribution in [0, 0.1) is 5.92 Å². The topological polar surface area (TPSA) is 50.7 Å². The molecule has 0 bridgehead atoms. The third kappa shape index (κ3) is 8.13. The van der Waals surface area contributed by atoms with E-state index in [0.29, 0.717) is 28.3 Å². The van der Waals surface area contributed by atoms with Crippen LogP contribution in [0.2, 0.25) is 10.0 Å². The standard InChI is InChI=1S/C21H24Cl2N2O2S/c1-15(2)10-11-27-17-8-6-16(7-9-17)12-24-25-21(26)14-28-13-18-19(22)4-3-5-20(18)23/h3-9,12,15H,10-11,13-14H2,1-2H3,(H,25,26)/b24-12-. The number of ether oxygens (including phenoxy) is 1. The number of nitrogens with zero attached hydrogens (tertiary/aromatic N) is 1. The van der Waals surface area contributed by atoms with Gasteiger partial charge in [0.1, 0.15) is 5.75 Å². The molecule has 0 aliphatic heterocycles. The Hall–Kier alpha value is -1.69. The zero-order valence-electron chi connectivity index (χ0n) is 16.0. The molecule has 0 radical (unpaired) electrons. The van der Waals surface area contributed by atoms with E-state index >= 15 is 0 Å². The molecule has 150 valence electrons. The highest BCUT2D eigenvalue weighted by atomic mass is 35.5. The van der Waals surface area contributed by atoms with Crippen molar-refractivity contribution in [2.45, 2.75) is 26.0 Å². The van der Waals surface area contributed by atoms with E-state index in [1.165, 1.54) is 11.8 Å². The Kier molecular flexibility index (Phi) is 9.68. The van der Waals surface area contributed by atoms with Crippen molar-refractivity contribution in [1.29, 1.82) is 0 Å². The van der Waals surface area contributed by atoms with Crippen LogP contribution < -0.4 is 10.2 Å². The second-order valence-corrected chi connectivity index (χ2v) is 8.39. The summed E-state index contributed by atoms with van der Waals surface area (Å²) in [4.78, 5) is 11.9. The third-order valence-electron chi connectivity index (χ3n) is 3.79. The van der Waals surface area contributed by atoms with E-state index in [2.05, 4.69) is 24.4 Å². The number of benzene rings is 2. The summed E-state index contributed by atoms with van der Waals surface area (Å²) < 4.78 is 5.68. The van der Waals surface area contributed by atoms with Gasteiger partial charge in [-0.15, -0.1) is 11.8 Å². The number of nitrogens with one attached hydrogen (secondary N) is 1. The minimum absolute atomic E-state index is 0.182.